The molecule has 1 aliphatic heterocycles. The van der Waals surface area contributed by atoms with Crippen molar-refractivity contribution in [3.8, 4) is 11.5 Å². The molecule has 1 heterocycles. The zero-order valence-electron chi connectivity index (χ0n) is 12.6. The van der Waals surface area contributed by atoms with Crippen molar-refractivity contribution < 1.29 is 13.9 Å². The second-order valence-corrected chi connectivity index (χ2v) is 4.93. The Bertz CT molecular complexity index is 406. The van der Waals surface area contributed by atoms with Crippen LogP contribution in [0, 0.1) is 0 Å². The fourth-order valence-electron chi connectivity index (χ4n) is 2.68. The van der Waals surface area contributed by atoms with Gasteiger partial charge in [-0.1, -0.05) is 0 Å². The number of nitrogens with zero attached hydrogens (tertiary/aromatic N) is 1. The number of piperazine rings is 1. The molecule has 1 N–H and O–H groups in total. The van der Waals surface area contributed by atoms with Crippen LogP contribution in [0.2, 0.25) is 0 Å². The molecule has 0 aliphatic carbocycles. The van der Waals surface area contributed by atoms with Crippen molar-refractivity contribution in [2.45, 2.75) is 12.5 Å². The molecule has 0 unspecified atom stereocenters. The van der Waals surface area contributed by atoms with Gasteiger partial charge >= 0.3 is 0 Å². The summed E-state index contributed by atoms with van der Waals surface area (Å²) < 4.78 is 23.6. The maximum Gasteiger partial charge on any atom is 0.122 e. The van der Waals surface area contributed by atoms with Gasteiger partial charge in [0, 0.05) is 38.3 Å². The zero-order chi connectivity index (χ0) is 14.4. The highest BCUT2D eigenvalue weighted by Gasteiger charge is 2.23. The molecule has 4 nitrogen and oxygen atoms in total. The number of methoxy groups -OCH3 is 2. The lowest BCUT2D eigenvalue weighted by Crippen LogP contribution is -2.45. The van der Waals surface area contributed by atoms with Gasteiger partial charge in [0.05, 0.1) is 20.9 Å². The minimum absolute atomic E-state index is 0. The maximum atomic E-state index is 12.9. The Morgan fingerprint density at radius 2 is 1.71 bits per heavy atom. The van der Waals surface area contributed by atoms with Crippen LogP contribution in [-0.2, 0) is 0 Å². The Morgan fingerprint density at radius 1 is 1.14 bits per heavy atom. The Labute approximate surface area is 132 Å². The summed E-state index contributed by atoms with van der Waals surface area (Å²) in [6.45, 7) is 3.44. The molecule has 1 saturated heterocycles. The Balaban J connectivity index is 0.00000220. The number of ether oxygens (including phenoxy) is 2. The van der Waals surface area contributed by atoms with Crippen LogP contribution < -0.4 is 14.8 Å². The Morgan fingerprint density at radius 3 is 2.19 bits per heavy atom. The normalized spacial score (nSPS) is 16.9. The monoisotopic (exact) mass is 318 g/mol. The first-order valence-electron chi connectivity index (χ1n) is 7.02. The van der Waals surface area contributed by atoms with Gasteiger partial charge in [-0.25, -0.2) is 0 Å². The third kappa shape index (κ3) is 4.73. The third-order valence-electron chi connectivity index (χ3n) is 3.73. The molecule has 0 radical (unpaired) electrons. The molecule has 0 saturated carbocycles. The zero-order valence-corrected chi connectivity index (χ0v) is 13.4. The molecular weight excluding hydrogens is 295 g/mol. The van der Waals surface area contributed by atoms with Crippen LogP contribution in [0.15, 0.2) is 18.2 Å². The number of halogens is 2. The van der Waals surface area contributed by atoms with Gasteiger partial charge in [0.2, 0.25) is 0 Å². The molecule has 1 atom stereocenters. The molecule has 21 heavy (non-hydrogen) atoms. The molecule has 0 aromatic heterocycles. The number of hydrogen-bond acceptors (Lipinski definition) is 4. The lowest BCUT2D eigenvalue weighted by atomic mass is 10.0. The summed E-state index contributed by atoms with van der Waals surface area (Å²) in [7, 11) is 3.26. The van der Waals surface area contributed by atoms with Crippen LogP contribution in [0.5, 0.6) is 11.5 Å². The largest absolute Gasteiger partial charge is 0.497 e. The van der Waals surface area contributed by atoms with Crippen molar-refractivity contribution in [3.63, 3.8) is 0 Å². The first-order valence-corrected chi connectivity index (χ1v) is 7.02. The molecule has 1 aliphatic rings. The molecule has 1 aromatic carbocycles. The predicted molar refractivity (Wildman–Crippen MR) is 84.6 cm³/mol. The topological polar surface area (TPSA) is 33.7 Å². The summed E-state index contributed by atoms with van der Waals surface area (Å²) in [4.78, 5) is 2.32. The van der Waals surface area contributed by atoms with Crippen LogP contribution in [0.4, 0.5) is 4.39 Å². The highest BCUT2D eigenvalue weighted by molar-refractivity contribution is 5.85. The van der Waals surface area contributed by atoms with E-state index >= 15 is 0 Å². The molecule has 0 bridgehead atoms. The van der Waals surface area contributed by atoms with Gasteiger partial charge in [-0.15, -0.1) is 12.4 Å². The van der Waals surface area contributed by atoms with Crippen LogP contribution in [0.1, 0.15) is 18.0 Å². The average molecular weight is 319 g/mol. The summed E-state index contributed by atoms with van der Waals surface area (Å²) in [5.74, 6) is 1.50. The number of hydrogen-bond donors (Lipinski definition) is 1. The van der Waals surface area contributed by atoms with E-state index in [-0.39, 0.29) is 25.1 Å². The van der Waals surface area contributed by atoms with Crippen molar-refractivity contribution in [1.29, 1.82) is 0 Å². The van der Waals surface area contributed by atoms with Gasteiger partial charge in [-0.05, 0) is 24.1 Å². The van der Waals surface area contributed by atoms with Gasteiger partial charge < -0.3 is 14.8 Å². The molecular formula is C15H24ClFN2O2. The molecule has 0 spiro atoms. The van der Waals surface area contributed by atoms with Crippen LogP contribution in [0.3, 0.4) is 0 Å². The van der Waals surface area contributed by atoms with Crippen LogP contribution in [0.25, 0.3) is 0 Å². The molecule has 0 amide bonds. The van der Waals surface area contributed by atoms with E-state index in [1.807, 2.05) is 18.2 Å². The first-order chi connectivity index (χ1) is 9.78. The third-order valence-corrected chi connectivity index (χ3v) is 3.73. The SMILES string of the molecule is COc1cc(OC)cc([C@@H](CCF)N2CCNCC2)c1.Cl. The fourth-order valence-corrected chi connectivity index (χ4v) is 2.68. The van der Waals surface area contributed by atoms with E-state index in [2.05, 4.69) is 10.2 Å². The van der Waals surface area contributed by atoms with Gasteiger partial charge in [-0.3, -0.25) is 9.29 Å². The molecule has 1 fully saturated rings. The van der Waals surface area contributed by atoms with Crippen molar-refractivity contribution in [3.05, 3.63) is 23.8 Å². The van der Waals surface area contributed by atoms with Gasteiger partial charge in [0.1, 0.15) is 11.5 Å². The Kier molecular flexibility index (Phi) is 7.78. The van der Waals surface area contributed by atoms with E-state index in [0.29, 0.717) is 6.42 Å². The van der Waals surface area contributed by atoms with Crippen LogP contribution in [-0.4, -0.2) is 52.0 Å². The highest BCUT2D eigenvalue weighted by Crippen LogP contribution is 2.31. The number of nitrogens with one attached hydrogen (secondary N) is 1. The highest BCUT2D eigenvalue weighted by atomic mass is 35.5. The second-order valence-electron chi connectivity index (χ2n) is 4.93. The second kappa shape index (κ2) is 9.07. The van der Waals surface area contributed by atoms with Crippen molar-refractivity contribution in [1.82, 2.24) is 10.2 Å². The fraction of sp³-hybridized carbons (Fsp3) is 0.600. The minimum atomic E-state index is -0.325. The number of rotatable bonds is 6. The lowest BCUT2D eigenvalue weighted by molar-refractivity contribution is 0.157. The Hall–Kier alpha value is -1.04. The van der Waals surface area contributed by atoms with Crippen molar-refractivity contribution >= 4 is 12.4 Å². The molecule has 1 aromatic rings. The molecule has 120 valence electrons. The van der Waals surface area contributed by atoms with E-state index in [9.17, 15) is 4.39 Å². The summed E-state index contributed by atoms with van der Waals surface area (Å²) >= 11 is 0. The summed E-state index contributed by atoms with van der Waals surface area (Å²) in [6.07, 6.45) is 0.496. The minimum Gasteiger partial charge on any atom is -0.497 e. The maximum absolute atomic E-state index is 12.9. The van der Waals surface area contributed by atoms with E-state index < -0.39 is 0 Å². The van der Waals surface area contributed by atoms with Crippen LogP contribution >= 0.6 is 12.4 Å². The lowest BCUT2D eigenvalue weighted by Gasteiger charge is -2.35. The van der Waals surface area contributed by atoms with Gasteiger partial charge in [0.25, 0.3) is 0 Å². The quantitative estimate of drug-likeness (QED) is 0.873. The van der Waals surface area contributed by atoms with Gasteiger partial charge in [-0.2, -0.15) is 0 Å². The van der Waals surface area contributed by atoms with E-state index in [1.165, 1.54) is 0 Å². The van der Waals surface area contributed by atoms with Crippen molar-refractivity contribution in [2.24, 2.45) is 0 Å². The average Bonchev–Trinajstić information content (AvgIpc) is 2.52. The first kappa shape index (κ1) is 18.0. The summed E-state index contributed by atoms with van der Waals surface area (Å²) in [5.41, 5.74) is 1.06. The van der Waals surface area contributed by atoms with E-state index in [4.69, 9.17) is 9.47 Å². The van der Waals surface area contributed by atoms with Crippen molar-refractivity contribution in [2.75, 3.05) is 47.1 Å². The molecule has 2 rings (SSSR count). The van der Waals surface area contributed by atoms with Gasteiger partial charge in [0.15, 0.2) is 0 Å². The van der Waals surface area contributed by atoms with E-state index in [1.54, 1.807) is 14.2 Å². The summed E-state index contributed by atoms with van der Waals surface area (Å²) in [6, 6.07) is 5.87. The predicted octanol–water partition coefficient (Wildman–Crippen LogP) is 2.43. The standard InChI is InChI=1S/C15H23FN2O2.ClH/c1-19-13-9-12(10-14(11-13)20-2)15(3-4-16)18-7-5-17-6-8-18;/h9-11,15,17H,3-8H2,1-2H3;1H/t15-;/m1./s1. The molecule has 6 heteroatoms. The van der Waals surface area contributed by atoms with E-state index in [0.717, 1.165) is 43.2 Å². The summed E-state index contributed by atoms with van der Waals surface area (Å²) in [5, 5.41) is 3.32. The number of benzene rings is 1. The smallest absolute Gasteiger partial charge is 0.122 e. The number of alkyl halides is 1.